The minimum atomic E-state index is -3.49. The lowest BCUT2D eigenvalue weighted by Gasteiger charge is -2.37. The van der Waals surface area contributed by atoms with E-state index in [-0.39, 0.29) is 34.4 Å². The Labute approximate surface area is 146 Å². The molecule has 1 amide bonds. The third-order valence-corrected chi connectivity index (χ3v) is 9.14. The van der Waals surface area contributed by atoms with Crippen LogP contribution in [0.5, 0.6) is 0 Å². The summed E-state index contributed by atoms with van der Waals surface area (Å²) in [5, 5.41) is 0. The van der Waals surface area contributed by atoms with Gasteiger partial charge >= 0.3 is 0 Å². The third kappa shape index (κ3) is 2.30. The summed E-state index contributed by atoms with van der Waals surface area (Å²) >= 11 is 0. The molecule has 3 aliphatic rings. The van der Waals surface area contributed by atoms with Gasteiger partial charge in [0.25, 0.3) is 0 Å². The summed E-state index contributed by atoms with van der Waals surface area (Å²) in [6.45, 7) is 10.4. The van der Waals surface area contributed by atoms with E-state index in [0.29, 0.717) is 12.3 Å². The van der Waals surface area contributed by atoms with Gasteiger partial charge in [-0.15, -0.1) is 0 Å². The van der Waals surface area contributed by atoms with E-state index >= 15 is 0 Å². The van der Waals surface area contributed by atoms with Crippen molar-refractivity contribution in [1.82, 2.24) is 4.31 Å². The summed E-state index contributed by atoms with van der Waals surface area (Å²) in [4.78, 5) is 13.0. The number of sulfonamides is 1. The zero-order chi connectivity index (χ0) is 17.9. The topological polar surface area (TPSA) is 54.5 Å². The molecule has 0 radical (unpaired) electrons. The summed E-state index contributed by atoms with van der Waals surface area (Å²) in [5.74, 6) is 0.241. The Hall–Kier alpha value is -0.840. The molecule has 0 aromatic heterocycles. The number of hydrogen-bond acceptors (Lipinski definition) is 3. The van der Waals surface area contributed by atoms with Crippen LogP contribution in [0.15, 0.2) is 11.6 Å². The maximum Gasteiger partial charge on any atom is 0.239 e. The number of fused-ring (bicyclic) bond motifs is 1. The number of rotatable bonds is 4. The van der Waals surface area contributed by atoms with Crippen LogP contribution in [0, 0.1) is 22.7 Å². The van der Waals surface area contributed by atoms with Crippen molar-refractivity contribution in [2.75, 3.05) is 5.75 Å². The van der Waals surface area contributed by atoms with Gasteiger partial charge in [-0.1, -0.05) is 39.3 Å². The lowest BCUT2D eigenvalue weighted by Crippen LogP contribution is -2.45. The highest BCUT2D eigenvalue weighted by atomic mass is 32.2. The zero-order valence-corrected chi connectivity index (χ0v) is 16.4. The maximum atomic E-state index is 13.0. The summed E-state index contributed by atoms with van der Waals surface area (Å²) in [7, 11) is -3.49. The molecule has 0 aromatic rings. The van der Waals surface area contributed by atoms with Crippen molar-refractivity contribution >= 4 is 15.9 Å². The second-order valence-electron chi connectivity index (χ2n) is 8.82. The van der Waals surface area contributed by atoms with Gasteiger partial charge in [0.15, 0.2) is 0 Å². The molecule has 1 saturated heterocycles. The number of carbonyl (C=O) groups excluding carboxylic acids is 1. The second-order valence-corrected chi connectivity index (χ2v) is 10.7. The molecule has 24 heavy (non-hydrogen) atoms. The molecule has 0 unspecified atom stereocenters. The van der Waals surface area contributed by atoms with Crippen molar-refractivity contribution in [2.45, 2.75) is 72.8 Å². The molecule has 3 fully saturated rings. The molecule has 4 atom stereocenters. The van der Waals surface area contributed by atoms with Gasteiger partial charge in [-0.25, -0.2) is 12.7 Å². The van der Waals surface area contributed by atoms with Crippen molar-refractivity contribution < 1.29 is 13.2 Å². The summed E-state index contributed by atoms with van der Waals surface area (Å²) in [6, 6.07) is -0.110. The normalized spacial score (nSPS) is 37.5. The predicted octanol–water partition coefficient (Wildman–Crippen LogP) is 3.74. The van der Waals surface area contributed by atoms with E-state index in [1.807, 2.05) is 13.8 Å². The number of amides is 1. The van der Waals surface area contributed by atoms with Crippen LogP contribution in [0.3, 0.4) is 0 Å². The molecule has 2 bridgehead atoms. The number of carbonyl (C=O) groups is 1. The van der Waals surface area contributed by atoms with Gasteiger partial charge in [0.2, 0.25) is 15.9 Å². The third-order valence-electron chi connectivity index (χ3n) is 7.23. The van der Waals surface area contributed by atoms with E-state index in [1.165, 1.54) is 4.31 Å². The fourth-order valence-corrected chi connectivity index (χ4v) is 8.43. The van der Waals surface area contributed by atoms with Gasteiger partial charge in [-0.3, -0.25) is 4.79 Å². The average Bonchev–Trinajstić information content (AvgIpc) is 2.93. The summed E-state index contributed by atoms with van der Waals surface area (Å²) < 4.78 is 27.1. The highest BCUT2D eigenvalue weighted by Gasteiger charge is 2.72. The van der Waals surface area contributed by atoms with E-state index in [2.05, 4.69) is 26.8 Å². The lowest BCUT2D eigenvalue weighted by atomic mass is 9.69. The van der Waals surface area contributed by atoms with Crippen molar-refractivity contribution in [3.63, 3.8) is 0 Å². The first kappa shape index (κ1) is 18.0. The number of allylic oxidation sites excluding steroid dienone is 2. The second kappa shape index (κ2) is 5.58. The maximum absolute atomic E-state index is 13.0. The van der Waals surface area contributed by atoms with E-state index in [9.17, 15) is 13.2 Å². The molecule has 5 heteroatoms. The van der Waals surface area contributed by atoms with Crippen LogP contribution < -0.4 is 0 Å². The smallest absolute Gasteiger partial charge is 0.239 e. The van der Waals surface area contributed by atoms with Gasteiger partial charge in [0.05, 0.1) is 11.8 Å². The van der Waals surface area contributed by atoms with Crippen molar-refractivity contribution in [3.8, 4) is 0 Å². The summed E-state index contributed by atoms with van der Waals surface area (Å²) in [6.07, 6.45) is 6.61. The van der Waals surface area contributed by atoms with E-state index in [0.717, 1.165) is 31.3 Å². The van der Waals surface area contributed by atoms with Crippen LogP contribution in [0.25, 0.3) is 0 Å². The van der Waals surface area contributed by atoms with Gasteiger partial charge < -0.3 is 0 Å². The minimum absolute atomic E-state index is 0.0149. The number of hydrogen-bond donors (Lipinski definition) is 0. The monoisotopic (exact) mass is 353 g/mol. The molecular weight excluding hydrogens is 322 g/mol. The zero-order valence-electron chi connectivity index (χ0n) is 15.6. The molecule has 3 rings (SSSR count). The SMILES string of the molecule is CC/C=C(\C)C[C@H](C)C(=O)N1[C@@H]2C[C@H]3CC[C@]2(CS1(=O)=O)C3(C)C. The quantitative estimate of drug-likeness (QED) is 0.724. The Kier molecular flexibility index (Phi) is 4.18. The Bertz CT molecular complexity index is 679. The van der Waals surface area contributed by atoms with Gasteiger partial charge in [-0.05, 0) is 50.4 Å². The summed E-state index contributed by atoms with van der Waals surface area (Å²) in [5.41, 5.74) is 0.958. The van der Waals surface area contributed by atoms with Crippen LogP contribution in [0.2, 0.25) is 0 Å². The molecule has 136 valence electrons. The first-order valence-corrected chi connectivity index (χ1v) is 10.9. The molecule has 1 spiro atoms. The fraction of sp³-hybridized carbons (Fsp3) is 0.842. The highest BCUT2D eigenvalue weighted by Crippen LogP contribution is 2.70. The van der Waals surface area contributed by atoms with Crippen molar-refractivity contribution in [1.29, 1.82) is 0 Å². The lowest BCUT2D eigenvalue weighted by molar-refractivity contribution is -0.132. The van der Waals surface area contributed by atoms with Gasteiger partial charge in [-0.2, -0.15) is 0 Å². The van der Waals surface area contributed by atoms with Crippen LogP contribution in [-0.2, 0) is 14.8 Å². The predicted molar refractivity (Wildman–Crippen MR) is 95.8 cm³/mol. The standard InChI is InChI=1S/C19H31NO3S/c1-6-7-13(2)10-14(3)17(21)20-16-11-15-8-9-19(16,18(15,4)5)12-24(20,22)23/h7,14-16H,6,8-12H2,1-5H3/b13-7+/t14-,15+,16+,19+/m0/s1. The molecule has 1 aliphatic heterocycles. The highest BCUT2D eigenvalue weighted by molar-refractivity contribution is 7.90. The largest absolute Gasteiger partial charge is 0.273 e. The first-order valence-electron chi connectivity index (χ1n) is 9.28. The van der Waals surface area contributed by atoms with Gasteiger partial charge in [0, 0.05) is 11.3 Å². The Morgan fingerprint density at radius 1 is 1.38 bits per heavy atom. The van der Waals surface area contributed by atoms with Crippen molar-refractivity contribution in [3.05, 3.63) is 11.6 Å². The van der Waals surface area contributed by atoms with Crippen LogP contribution in [0.1, 0.15) is 66.7 Å². The van der Waals surface area contributed by atoms with Crippen LogP contribution >= 0.6 is 0 Å². The Morgan fingerprint density at radius 3 is 2.62 bits per heavy atom. The van der Waals surface area contributed by atoms with Crippen LogP contribution in [0.4, 0.5) is 0 Å². The molecular formula is C19H31NO3S. The molecule has 4 nitrogen and oxygen atoms in total. The van der Waals surface area contributed by atoms with E-state index in [1.54, 1.807) is 0 Å². The molecule has 0 N–H and O–H groups in total. The molecule has 0 aromatic carbocycles. The first-order chi connectivity index (χ1) is 11.1. The minimum Gasteiger partial charge on any atom is -0.273 e. The number of nitrogens with zero attached hydrogens (tertiary/aromatic N) is 1. The molecule has 2 aliphatic carbocycles. The fourth-order valence-electron chi connectivity index (χ4n) is 5.80. The van der Waals surface area contributed by atoms with E-state index < -0.39 is 10.0 Å². The van der Waals surface area contributed by atoms with Crippen molar-refractivity contribution in [2.24, 2.45) is 22.7 Å². The molecule has 1 heterocycles. The van der Waals surface area contributed by atoms with Gasteiger partial charge in [0.1, 0.15) is 0 Å². The molecule has 2 saturated carbocycles. The Morgan fingerprint density at radius 2 is 2.04 bits per heavy atom. The van der Waals surface area contributed by atoms with E-state index in [4.69, 9.17) is 0 Å². The van der Waals surface area contributed by atoms with Crippen LogP contribution in [-0.4, -0.2) is 30.4 Å². The average molecular weight is 354 g/mol. The Balaban J connectivity index is 1.89.